The molecule has 0 fully saturated rings. The van der Waals surface area contributed by atoms with E-state index >= 15 is 0 Å². The largest absolute Gasteiger partial charge is 0.360 e. The number of rotatable bonds is 4. The lowest BCUT2D eigenvalue weighted by Gasteiger charge is -2.18. The van der Waals surface area contributed by atoms with E-state index in [1.54, 1.807) is 6.07 Å². The first-order chi connectivity index (χ1) is 12.2. The third-order valence-corrected chi connectivity index (χ3v) is 4.22. The number of benzene rings is 2. The summed E-state index contributed by atoms with van der Waals surface area (Å²) in [5, 5.41) is 9.83. The predicted octanol–water partition coefficient (Wildman–Crippen LogP) is 3.27. The highest BCUT2D eigenvalue weighted by Gasteiger charge is 2.17. The Balaban J connectivity index is 1.89. The van der Waals surface area contributed by atoms with Crippen LogP contribution in [0.15, 0.2) is 53.3 Å². The van der Waals surface area contributed by atoms with Crippen molar-refractivity contribution in [3.8, 4) is 0 Å². The molecule has 4 rings (SSSR count). The molecule has 2 N–H and O–H groups in total. The smallest absolute Gasteiger partial charge is 0.348 e. The molecule has 1 unspecified atom stereocenters. The fourth-order valence-corrected chi connectivity index (χ4v) is 2.99. The molecule has 0 saturated heterocycles. The van der Waals surface area contributed by atoms with E-state index in [0.29, 0.717) is 22.5 Å². The number of H-pyrrole nitrogens is 1. The second kappa shape index (κ2) is 6.01. The molecule has 0 aliphatic carbocycles. The fraction of sp³-hybridized carbons (Fsp3) is 0.167. The van der Waals surface area contributed by atoms with E-state index in [-0.39, 0.29) is 6.04 Å². The van der Waals surface area contributed by atoms with Crippen molar-refractivity contribution in [3.63, 3.8) is 0 Å². The molecule has 2 heterocycles. The number of hydrogen-bond acceptors (Lipinski definition) is 4. The lowest BCUT2D eigenvalue weighted by atomic mass is 10.0. The zero-order valence-corrected chi connectivity index (χ0v) is 13.5. The summed E-state index contributed by atoms with van der Waals surface area (Å²) < 4.78 is 14.9. The third kappa shape index (κ3) is 2.63. The fourth-order valence-electron chi connectivity index (χ4n) is 2.99. The van der Waals surface area contributed by atoms with Crippen molar-refractivity contribution >= 4 is 22.5 Å². The average molecular weight is 337 g/mol. The third-order valence-electron chi connectivity index (χ3n) is 4.22. The second-order valence-corrected chi connectivity index (χ2v) is 5.80. The van der Waals surface area contributed by atoms with E-state index in [9.17, 15) is 9.18 Å². The number of aromatic nitrogens is 4. The van der Waals surface area contributed by atoms with Gasteiger partial charge >= 0.3 is 5.69 Å². The van der Waals surface area contributed by atoms with Crippen molar-refractivity contribution in [3.05, 3.63) is 70.4 Å². The van der Waals surface area contributed by atoms with Gasteiger partial charge in [0.1, 0.15) is 5.82 Å². The first-order valence-corrected chi connectivity index (χ1v) is 8.05. The molecule has 25 heavy (non-hydrogen) atoms. The van der Waals surface area contributed by atoms with Crippen LogP contribution in [0.1, 0.15) is 24.9 Å². The Morgan fingerprint density at radius 3 is 2.80 bits per heavy atom. The molecule has 0 spiro atoms. The van der Waals surface area contributed by atoms with Crippen molar-refractivity contribution in [2.24, 2.45) is 0 Å². The van der Waals surface area contributed by atoms with Gasteiger partial charge in [-0.3, -0.25) is 0 Å². The quantitative estimate of drug-likeness (QED) is 0.599. The topological polar surface area (TPSA) is 75.1 Å². The van der Waals surface area contributed by atoms with Crippen LogP contribution in [-0.4, -0.2) is 19.6 Å². The summed E-state index contributed by atoms with van der Waals surface area (Å²) in [4.78, 5) is 16.7. The van der Waals surface area contributed by atoms with Crippen molar-refractivity contribution in [1.29, 1.82) is 0 Å². The molecule has 0 radical (unpaired) electrons. The number of anilines is 1. The summed E-state index contributed by atoms with van der Waals surface area (Å²) >= 11 is 0. The molecule has 0 aliphatic rings. The number of hydrogen-bond donors (Lipinski definition) is 2. The van der Waals surface area contributed by atoms with Crippen LogP contribution in [0.4, 0.5) is 10.2 Å². The van der Waals surface area contributed by atoms with Crippen molar-refractivity contribution < 1.29 is 4.39 Å². The summed E-state index contributed by atoms with van der Waals surface area (Å²) in [7, 11) is 0. The molecule has 6 nitrogen and oxygen atoms in total. The van der Waals surface area contributed by atoms with Gasteiger partial charge in [-0.15, -0.1) is 5.10 Å². The van der Waals surface area contributed by atoms with Gasteiger partial charge in [0.05, 0.1) is 17.1 Å². The molecule has 0 bridgehead atoms. The average Bonchev–Trinajstić information content (AvgIpc) is 3.03. The molecule has 7 heteroatoms. The highest BCUT2D eigenvalue weighted by molar-refractivity contribution is 5.82. The minimum absolute atomic E-state index is 0.0159. The Labute approximate surface area is 142 Å². The summed E-state index contributed by atoms with van der Waals surface area (Å²) in [5.41, 5.74) is 1.93. The van der Waals surface area contributed by atoms with Gasteiger partial charge in [-0.1, -0.05) is 37.3 Å². The van der Waals surface area contributed by atoms with Crippen LogP contribution in [0.3, 0.4) is 0 Å². The summed E-state index contributed by atoms with van der Waals surface area (Å²) in [6, 6.07) is 14.2. The van der Waals surface area contributed by atoms with Gasteiger partial charge in [-0.05, 0) is 24.1 Å². The summed E-state index contributed by atoms with van der Waals surface area (Å²) in [6.45, 7) is 2.06. The molecule has 2 aromatic heterocycles. The van der Waals surface area contributed by atoms with E-state index in [0.717, 1.165) is 12.0 Å². The highest BCUT2D eigenvalue weighted by atomic mass is 19.1. The van der Waals surface area contributed by atoms with Gasteiger partial charge in [0, 0.05) is 6.07 Å². The zero-order chi connectivity index (χ0) is 17.4. The van der Waals surface area contributed by atoms with E-state index in [2.05, 4.69) is 27.4 Å². The Kier molecular flexibility index (Phi) is 3.68. The molecule has 0 saturated carbocycles. The number of halogens is 1. The molecule has 0 aliphatic heterocycles. The van der Waals surface area contributed by atoms with Gasteiger partial charge < -0.3 is 5.32 Å². The molecular weight excluding hydrogens is 321 g/mol. The van der Waals surface area contributed by atoms with E-state index in [1.165, 1.54) is 16.5 Å². The zero-order valence-electron chi connectivity index (χ0n) is 13.5. The number of aromatic amines is 1. The number of nitrogens with one attached hydrogen (secondary N) is 2. The first kappa shape index (κ1) is 15.3. The normalized spacial score (nSPS) is 12.6. The highest BCUT2D eigenvalue weighted by Crippen LogP contribution is 2.25. The van der Waals surface area contributed by atoms with Gasteiger partial charge in [-0.2, -0.15) is 0 Å². The van der Waals surface area contributed by atoms with E-state index in [4.69, 9.17) is 0 Å². The van der Waals surface area contributed by atoms with Crippen LogP contribution in [0, 0.1) is 5.82 Å². The van der Waals surface area contributed by atoms with Crippen molar-refractivity contribution in [1.82, 2.24) is 19.6 Å². The minimum Gasteiger partial charge on any atom is -0.360 e. The maximum Gasteiger partial charge on any atom is 0.348 e. The Morgan fingerprint density at radius 2 is 2.04 bits per heavy atom. The lowest BCUT2D eigenvalue weighted by molar-refractivity contribution is 0.629. The summed E-state index contributed by atoms with van der Waals surface area (Å²) in [6.07, 6.45) is 0.827. The monoisotopic (exact) mass is 337 g/mol. The van der Waals surface area contributed by atoms with Crippen molar-refractivity contribution in [2.75, 3.05) is 5.32 Å². The van der Waals surface area contributed by atoms with Gasteiger partial charge in [0.25, 0.3) is 0 Å². The molecule has 1 atom stereocenters. The Bertz CT molecular complexity index is 1100. The molecule has 0 amide bonds. The van der Waals surface area contributed by atoms with Gasteiger partial charge in [0.15, 0.2) is 5.82 Å². The number of nitrogens with zero attached hydrogens (tertiary/aromatic N) is 3. The maximum absolute atomic E-state index is 13.6. The van der Waals surface area contributed by atoms with Gasteiger partial charge in [0.2, 0.25) is 5.65 Å². The Morgan fingerprint density at radius 1 is 1.24 bits per heavy atom. The van der Waals surface area contributed by atoms with Crippen LogP contribution in [-0.2, 0) is 0 Å². The van der Waals surface area contributed by atoms with Crippen LogP contribution in [0.5, 0.6) is 0 Å². The maximum atomic E-state index is 13.6. The SMILES string of the molecule is CCC(Nc1nc2ccc(F)cc2n2c(=O)[nH]nc12)c1ccccc1. The lowest BCUT2D eigenvalue weighted by Crippen LogP contribution is -2.15. The number of fused-ring (bicyclic) bond motifs is 3. The summed E-state index contributed by atoms with van der Waals surface area (Å²) in [5.74, 6) is 0.0493. The molecule has 2 aromatic carbocycles. The molecule has 4 aromatic rings. The Hall–Kier alpha value is -3.22. The standard InChI is InChI=1S/C18H16FN5O/c1-2-13(11-6-4-3-5-7-11)20-16-17-22-23-18(25)24(17)15-10-12(19)8-9-14(15)21-16/h3-10,13H,2H2,1H3,(H,20,21)(H,23,25). The minimum atomic E-state index is -0.430. The second-order valence-electron chi connectivity index (χ2n) is 5.80. The predicted molar refractivity (Wildman–Crippen MR) is 94.2 cm³/mol. The van der Waals surface area contributed by atoms with E-state index in [1.807, 2.05) is 30.3 Å². The molecule has 126 valence electrons. The van der Waals surface area contributed by atoms with Crippen molar-refractivity contribution in [2.45, 2.75) is 19.4 Å². The van der Waals surface area contributed by atoms with Crippen LogP contribution in [0.25, 0.3) is 16.7 Å². The first-order valence-electron chi connectivity index (χ1n) is 8.05. The van der Waals surface area contributed by atoms with Gasteiger partial charge in [-0.25, -0.2) is 23.7 Å². The molecular formula is C18H16FN5O. The van der Waals surface area contributed by atoms with Crippen LogP contribution in [0.2, 0.25) is 0 Å². The van der Waals surface area contributed by atoms with Crippen LogP contribution < -0.4 is 11.0 Å². The van der Waals surface area contributed by atoms with E-state index < -0.39 is 11.5 Å². The van der Waals surface area contributed by atoms with Crippen LogP contribution >= 0.6 is 0 Å².